The van der Waals surface area contributed by atoms with Crippen LogP contribution >= 0.6 is 27.7 Å². The van der Waals surface area contributed by atoms with Crippen LogP contribution in [0.15, 0.2) is 58.9 Å². The number of esters is 1. The predicted octanol–water partition coefficient (Wildman–Crippen LogP) is 2.81. The lowest BCUT2D eigenvalue weighted by atomic mass is 9.99. The summed E-state index contributed by atoms with van der Waals surface area (Å²) < 4.78 is 15.1. The van der Waals surface area contributed by atoms with E-state index in [1.807, 2.05) is 16.7 Å². The van der Waals surface area contributed by atoms with Gasteiger partial charge in [0.1, 0.15) is 37.4 Å². The summed E-state index contributed by atoms with van der Waals surface area (Å²) in [6, 6.07) is 12.5. The Kier molecular flexibility index (Phi) is 8.35. The van der Waals surface area contributed by atoms with Gasteiger partial charge in [-0.05, 0) is 51.7 Å². The Morgan fingerprint density at radius 3 is 2.74 bits per heavy atom. The molecular weight excluding hydrogens is 628 g/mol. The number of ether oxygens (including phenoxy) is 2. The summed E-state index contributed by atoms with van der Waals surface area (Å²) in [5.41, 5.74) is 8.92. The molecular formula is C27H27BrN8O5S. The van der Waals surface area contributed by atoms with Crippen molar-refractivity contribution in [2.24, 2.45) is 0 Å². The second-order valence-electron chi connectivity index (χ2n) is 9.78. The number of hydrogen-bond acceptors (Lipinski definition) is 12. The first kappa shape index (κ1) is 28.5. The van der Waals surface area contributed by atoms with Crippen molar-refractivity contribution in [1.29, 1.82) is 0 Å². The minimum absolute atomic E-state index is 0.0620. The molecule has 3 aromatic heterocycles. The Morgan fingerprint density at radius 1 is 1.14 bits per heavy atom. The number of imidazole rings is 1. The number of nitrogen functional groups attached to an aromatic ring is 1. The second-order valence-corrected chi connectivity index (χ2v) is 11.4. The molecule has 15 heteroatoms. The van der Waals surface area contributed by atoms with E-state index in [0.717, 1.165) is 11.1 Å². The molecule has 0 bridgehead atoms. The third-order valence-corrected chi connectivity index (χ3v) is 8.40. The minimum Gasteiger partial charge on any atom is -0.462 e. The zero-order chi connectivity index (χ0) is 29.2. The second kappa shape index (κ2) is 12.3. The number of carbonyl (C=O) groups excluding carboxylic acids is 1. The number of nitrogens with two attached hydrogens (primary N) is 1. The van der Waals surface area contributed by atoms with E-state index in [2.05, 4.69) is 65.3 Å². The van der Waals surface area contributed by atoms with E-state index in [9.17, 15) is 15.0 Å². The number of halogens is 1. The molecule has 1 aliphatic carbocycles. The molecule has 13 nitrogen and oxygen atoms in total. The molecule has 0 radical (unpaired) electrons. The monoisotopic (exact) mass is 654 g/mol. The van der Waals surface area contributed by atoms with E-state index in [0.29, 0.717) is 27.0 Å². The molecule has 1 unspecified atom stereocenters. The Morgan fingerprint density at radius 2 is 1.95 bits per heavy atom. The van der Waals surface area contributed by atoms with Crippen molar-refractivity contribution < 1.29 is 24.5 Å². The SMILES string of the molecule is Nc1ncnc2c1ncn2CO[C@H](COC(=O)CSc1nnc(Br)n1-c1ccc(C2CC2)c2ccccc12)C(O)CO. The highest BCUT2D eigenvalue weighted by molar-refractivity contribution is 9.10. The summed E-state index contributed by atoms with van der Waals surface area (Å²) in [6.45, 7) is -0.943. The van der Waals surface area contributed by atoms with E-state index in [-0.39, 0.29) is 24.9 Å². The van der Waals surface area contributed by atoms with Crippen LogP contribution in [0.25, 0.3) is 27.6 Å². The summed E-state index contributed by atoms with van der Waals surface area (Å²) in [7, 11) is 0. The van der Waals surface area contributed by atoms with Gasteiger partial charge in [0.15, 0.2) is 16.6 Å². The number of carbonyl (C=O) groups is 1. The molecule has 0 aliphatic heterocycles. The first-order valence-electron chi connectivity index (χ1n) is 13.2. The summed E-state index contributed by atoms with van der Waals surface area (Å²) >= 11 is 4.68. The molecule has 1 fully saturated rings. The molecule has 0 amide bonds. The average Bonchev–Trinajstić information content (AvgIpc) is 3.66. The zero-order valence-electron chi connectivity index (χ0n) is 22.2. The van der Waals surface area contributed by atoms with Gasteiger partial charge in [0.05, 0.1) is 24.4 Å². The zero-order valence-corrected chi connectivity index (χ0v) is 24.6. The van der Waals surface area contributed by atoms with Crippen molar-refractivity contribution >= 4 is 61.4 Å². The van der Waals surface area contributed by atoms with Gasteiger partial charge in [0.25, 0.3) is 0 Å². The van der Waals surface area contributed by atoms with Crippen molar-refractivity contribution in [2.75, 3.05) is 24.7 Å². The standard InChI is InChI=1S/C27H27BrN8O5S/c28-26-33-34-27(36(26)19-8-7-16(15-5-6-15)17-3-1-2-4-18(17)19)42-11-22(39)40-10-21(20(38)9-37)41-14-35-13-32-23-24(29)30-12-31-25(23)35/h1-4,7-8,12-13,15,20-21,37-38H,5-6,9-11,14H2,(H2,29,30,31)/t20?,21-/m1/s1. The smallest absolute Gasteiger partial charge is 0.316 e. The van der Waals surface area contributed by atoms with Gasteiger partial charge in [-0.25, -0.2) is 15.0 Å². The fraction of sp³-hybridized carbons (Fsp3) is 0.333. The number of fused-ring (bicyclic) bond motifs is 2. The van der Waals surface area contributed by atoms with E-state index in [1.165, 1.54) is 48.2 Å². The molecule has 6 rings (SSSR count). The maximum atomic E-state index is 12.7. The molecule has 1 saturated carbocycles. The number of benzene rings is 2. The van der Waals surface area contributed by atoms with Crippen LogP contribution in [0, 0.1) is 0 Å². The van der Waals surface area contributed by atoms with Crippen LogP contribution in [0.4, 0.5) is 5.82 Å². The van der Waals surface area contributed by atoms with Gasteiger partial charge in [0, 0.05) is 5.39 Å². The first-order valence-corrected chi connectivity index (χ1v) is 15.0. The van der Waals surface area contributed by atoms with Gasteiger partial charge >= 0.3 is 5.97 Å². The number of nitrogens with zero attached hydrogens (tertiary/aromatic N) is 7. The van der Waals surface area contributed by atoms with Gasteiger partial charge in [-0.15, -0.1) is 10.2 Å². The van der Waals surface area contributed by atoms with E-state index >= 15 is 0 Å². The summed E-state index contributed by atoms with van der Waals surface area (Å²) in [4.78, 5) is 24.9. The van der Waals surface area contributed by atoms with Gasteiger partial charge in [-0.2, -0.15) is 0 Å². The van der Waals surface area contributed by atoms with Gasteiger partial charge < -0.3 is 25.4 Å². The third kappa shape index (κ3) is 5.83. The number of aliphatic hydroxyl groups excluding tert-OH is 2. The molecule has 218 valence electrons. The van der Waals surface area contributed by atoms with Crippen LogP contribution in [-0.4, -0.2) is 81.6 Å². The van der Waals surface area contributed by atoms with Crippen molar-refractivity contribution in [3.8, 4) is 5.69 Å². The van der Waals surface area contributed by atoms with Gasteiger partial charge in [-0.3, -0.25) is 13.9 Å². The summed E-state index contributed by atoms with van der Waals surface area (Å²) in [5.74, 6) is 0.213. The Labute approximate surface area is 252 Å². The van der Waals surface area contributed by atoms with Gasteiger partial charge in [-0.1, -0.05) is 42.1 Å². The summed E-state index contributed by atoms with van der Waals surface area (Å²) in [5, 5.41) is 31.0. The third-order valence-electron chi connectivity index (χ3n) is 6.99. The highest BCUT2D eigenvalue weighted by Gasteiger charge is 2.27. The lowest BCUT2D eigenvalue weighted by molar-refractivity contribution is -0.153. The number of hydrogen-bond donors (Lipinski definition) is 3. The Bertz CT molecular complexity index is 1740. The molecule has 1 aliphatic rings. The summed E-state index contributed by atoms with van der Waals surface area (Å²) in [6.07, 6.45) is 2.89. The minimum atomic E-state index is -1.29. The lowest BCUT2D eigenvalue weighted by Gasteiger charge is -2.22. The Hall–Kier alpha value is -3.63. The maximum Gasteiger partial charge on any atom is 0.316 e. The molecule has 4 N–H and O–H groups in total. The van der Waals surface area contributed by atoms with E-state index < -0.39 is 24.8 Å². The van der Waals surface area contributed by atoms with Crippen LogP contribution in [0.1, 0.15) is 24.3 Å². The number of thioether (sulfide) groups is 1. The highest BCUT2D eigenvalue weighted by atomic mass is 79.9. The van der Waals surface area contributed by atoms with Crippen LogP contribution in [0.2, 0.25) is 0 Å². The Balaban J connectivity index is 1.11. The fourth-order valence-corrected chi connectivity index (χ4v) is 6.00. The largest absolute Gasteiger partial charge is 0.462 e. The molecule has 0 saturated heterocycles. The fourth-order valence-electron chi connectivity index (χ4n) is 4.70. The lowest BCUT2D eigenvalue weighted by Crippen LogP contribution is -2.37. The highest BCUT2D eigenvalue weighted by Crippen LogP contribution is 2.44. The van der Waals surface area contributed by atoms with Crippen molar-refractivity contribution in [3.63, 3.8) is 0 Å². The van der Waals surface area contributed by atoms with Crippen LogP contribution in [0.3, 0.4) is 0 Å². The first-order chi connectivity index (χ1) is 20.4. The molecule has 2 aromatic carbocycles. The number of rotatable bonds is 12. The van der Waals surface area contributed by atoms with Crippen LogP contribution in [0.5, 0.6) is 0 Å². The van der Waals surface area contributed by atoms with Crippen molar-refractivity contribution in [1.82, 2.24) is 34.3 Å². The predicted molar refractivity (Wildman–Crippen MR) is 158 cm³/mol. The normalized spacial score (nSPS) is 14.8. The topological polar surface area (TPSA) is 176 Å². The average molecular weight is 656 g/mol. The molecule has 5 aromatic rings. The van der Waals surface area contributed by atoms with Crippen molar-refractivity contribution in [2.45, 2.75) is 42.9 Å². The van der Waals surface area contributed by atoms with Crippen LogP contribution < -0.4 is 5.73 Å². The van der Waals surface area contributed by atoms with Gasteiger partial charge in [0.2, 0.25) is 4.73 Å². The number of anilines is 1. The van der Waals surface area contributed by atoms with Crippen molar-refractivity contribution in [3.05, 3.63) is 59.3 Å². The number of aromatic nitrogens is 7. The van der Waals surface area contributed by atoms with E-state index in [4.69, 9.17) is 15.2 Å². The molecule has 0 spiro atoms. The van der Waals surface area contributed by atoms with Crippen LogP contribution in [-0.2, 0) is 21.0 Å². The maximum absolute atomic E-state index is 12.7. The quantitative estimate of drug-likeness (QED) is 0.133. The molecule has 3 heterocycles. The molecule has 42 heavy (non-hydrogen) atoms. The van der Waals surface area contributed by atoms with E-state index in [1.54, 1.807) is 4.57 Å². The molecule has 2 atom stereocenters. The number of aliphatic hydroxyl groups is 2.